The first-order chi connectivity index (χ1) is 10.1. The van der Waals surface area contributed by atoms with Crippen molar-refractivity contribution in [3.05, 3.63) is 59.7 Å². The maximum atomic E-state index is 12.2. The van der Waals surface area contributed by atoms with Crippen molar-refractivity contribution in [2.45, 2.75) is 13.0 Å². The summed E-state index contributed by atoms with van der Waals surface area (Å²) in [6, 6.07) is 12.9. The Labute approximate surface area is 121 Å². The van der Waals surface area contributed by atoms with E-state index in [-0.39, 0.29) is 18.0 Å². The minimum Gasteiger partial charge on any atom is -0.497 e. The van der Waals surface area contributed by atoms with Gasteiger partial charge in [0.05, 0.1) is 7.11 Å². The second-order valence-corrected chi connectivity index (χ2v) is 4.35. The van der Waals surface area contributed by atoms with E-state index in [0.717, 1.165) is 5.56 Å². The van der Waals surface area contributed by atoms with E-state index in [0.29, 0.717) is 11.3 Å². The molecule has 2 rings (SSSR count). The zero-order valence-electron chi connectivity index (χ0n) is 11.4. The molecule has 0 radical (unpaired) electrons. The average Bonchev–Trinajstić information content (AvgIpc) is 2.47. The summed E-state index contributed by atoms with van der Waals surface area (Å²) < 4.78 is 33.6. The van der Waals surface area contributed by atoms with Crippen LogP contribution in [-0.4, -0.2) is 19.5 Å². The van der Waals surface area contributed by atoms with Crippen LogP contribution in [0.3, 0.4) is 0 Å². The smallest absolute Gasteiger partial charge is 0.387 e. The van der Waals surface area contributed by atoms with Crippen molar-refractivity contribution < 1.29 is 23.0 Å². The van der Waals surface area contributed by atoms with Gasteiger partial charge < -0.3 is 9.47 Å². The van der Waals surface area contributed by atoms with Crippen molar-refractivity contribution in [1.82, 2.24) is 0 Å². The fraction of sp³-hybridized carbons (Fsp3) is 0.188. The highest BCUT2D eigenvalue weighted by Crippen LogP contribution is 2.18. The van der Waals surface area contributed by atoms with E-state index in [2.05, 4.69) is 4.74 Å². The van der Waals surface area contributed by atoms with Crippen LogP contribution in [0.5, 0.6) is 11.5 Å². The molecule has 2 aromatic carbocycles. The largest absolute Gasteiger partial charge is 0.497 e. The van der Waals surface area contributed by atoms with Gasteiger partial charge in [0, 0.05) is 12.0 Å². The van der Waals surface area contributed by atoms with Gasteiger partial charge in [-0.05, 0) is 29.8 Å². The molecule has 0 amide bonds. The third-order valence-corrected chi connectivity index (χ3v) is 2.90. The van der Waals surface area contributed by atoms with E-state index in [4.69, 9.17) is 4.74 Å². The van der Waals surface area contributed by atoms with Crippen molar-refractivity contribution >= 4 is 5.78 Å². The monoisotopic (exact) mass is 292 g/mol. The summed E-state index contributed by atoms with van der Waals surface area (Å²) in [5.41, 5.74) is 1.16. The molecular weight excluding hydrogens is 278 g/mol. The van der Waals surface area contributed by atoms with Crippen LogP contribution in [0.25, 0.3) is 0 Å². The van der Waals surface area contributed by atoms with Gasteiger partial charge in [0.15, 0.2) is 5.78 Å². The third kappa shape index (κ3) is 4.27. The highest BCUT2D eigenvalue weighted by atomic mass is 19.3. The molecule has 2 aromatic rings. The van der Waals surface area contributed by atoms with Crippen molar-refractivity contribution in [2.75, 3.05) is 7.11 Å². The number of carbonyl (C=O) groups excluding carboxylic acids is 1. The van der Waals surface area contributed by atoms with Crippen molar-refractivity contribution in [3.8, 4) is 11.5 Å². The summed E-state index contributed by atoms with van der Waals surface area (Å²) in [4.78, 5) is 12.1. The number of carbonyl (C=O) groups is 1. The second kappa shape index (κ2) is 6.83. The molecule has 0 heterocycles. The molecule has 0 fully saturated rings. The molecule has 0 N–H and O–H groups in total. The highest BCUT2D eigenvalue weighted by Gasteiger charge is 2.10. The number of rotatable bonds is 6. The number of ether oxygens (including phenoxy) is 2. The topological polar surface area (TPSA) is 35.5 Å². The van der Waals surface area contributed by atoms with Gasteiger partial charge in [-0.15, -0.1) is 0 Å². The molecular formula is C16H14F2O3. The minimum atomic E-state index is -2.91. The third-order valence-electron chi connectivity index (χ3n) is 2.90. The Morgan fingerprint density at radius 2 is 1.81 bits per heavy atom. The summed E-state index contributed by atoms with van der Waals surface area (Å²) in [5, 5.41) is 0. The lowest BCUT2D eigenvalue weighted by molar-refractivity contribution is -0.0498. The molecule has 0 atom stereocenters. The standard InChI is InChI=1S/C16H14F2O3/c1-20-13-7-5-11(6-8-13)9-15(19)12-3-2-4-14(10-12)21-16(17)18/h2-8,10,16H,9H2,1H3. The van der Waals surface area contributed by atoms with Crippen LogP contribution in [0.1, 0.15) is 15.9 Å². The Bertz CT molecular complexity index is 609. The summed E-state index contributed by atoms with van der Waals surface area (Å²) >= 11 is 0. The molecule has 110 valence electrons. The summed E-state index contributed by atoms with van der Waals surface area (Å²) in [6.07, 6.45) is 0.183. The lowest BCUT2D eigenvalue weighted by Gasteiger charge is -2.07. The number of benzene rings is 2. The maximum Gasteiger partial charge on any atom is 0.387 e. The minimum absolute atomic E-state index is 0.0226. The molecule has 0 spiro atoms. The van der Waals surface area contributed by atoms with Gasteiger partial charge in [-0.1, -0.05) is 24.3 Å². The average molecular weight is 292 g/mol. The van der Waals surface area contributed by atoms with Crippen LogP contribution in [0.4, 0.5) is 8.78 Å². The number of hydrogen-bond acceptors (Lipinski definition) is 3. The predicted octanol–water partition coefficient (Wildman–Crippen LogP) is 3.72. The molecule has 3 nitrogen and oxygen atoms in total. The van der Waals surface area contributed by atoms with Gasteiger partial charge in [-0.2, -0.15) is 8.78 Å². The Morgan fingerprint density at radius 1 is 1.10 bits per heavy atom. The van der Waals surface area contributed by atoms with Gasteiger partial charge in [-0.25, -0.2) is 0 Å². The summed E-state index contributed by atoms with van der Waals surface area (Å²) in [5.74, 6) is 0.518. The van der Waals surface area contributed by atoms with E-state index >= 15 is 0 Å². The van der Waals surface area contributed by atoms with Crippen LogP contribution in [-0.2, 0) is 6.42 Å². The number of methoxy groups -OCH3 is 1. The zero-order chi connectivity index (χ0) is 15.2. The number of hydrogen-bond donors (Lipinski definition) is 0. The van der Waals surface area contributed by atoms with Gasteiger partial charge in [0.25, 0.3) is 0 Å². The molecule has 0 aromatic heterocycles. The molecule has 0 aliphatic rings. The lowest BCUT2D eigenvalue weighted by atomic mass is 10.0. The fourth-order valence-corrected chi connectivity index (χ4v) is 1.88. The molecule has 0 bridgehead atoms. The van der Waals surface area contributed by atoms with Gasteiger partial charge in [0.2, 0.25) is 0 Å². The van der Waals surface area contributed by atoms with Gasteiger partial charge in [0.1, 0.15) is 11.5 Å². The summed E-state index contributed by atoms with van der Waals surface area (Å²) in [6.45, 7) is -2.91. The van der Waals surface area contributed by atoms with E-state index in [1.807, 2.05) is 0 Å². The fourth-order valence-electron chi connectivity index (χ4n) is 1.88. The first-order valence-electron chi connectivity index (χ1n) is 6.29. The van der Waals surface area contributed by atoms with Gasteiger partial charge >= 0.3 is 6.61 Å². The lowest BCUT2D eigenvalue weighted by Crippen LogP contribution is -2.06. The number of halogens is 2. The molecule has 21 heavy (non-hydrogen) atoms. The predicted molar refractivity (Wildman–Crippen MR) is 74.1 cm³/mol. The zero-order valence-corrected chi connectivity index (χ0v) is 11.4. The first kappa shape index (κ1) is 15.0. The molecule has 0 saturated heterocycles. The van der Waals surface area contributed by atoms with Crippen LogP contribution >= 0.6 is 0 Å². The quantitative estimate of drug-likeness (QED) is 0.761. The van der Waals surface area contributed by atoms with Crippen molar-refractivity contribution in [2.24, 2.45) is 0 Å². The number of Topliss-reactive ketones (excluding diaryl/α,β-unsaturated/α-hetero) is 1. The SMILES string of the molecule is COc1ccc(CC(=O)c2cccc(OC(F)F)c2)cc1. The molecule has 0 saturated carbocycles. The van der Waals surface area contributed by atoms with E-state index < -0.39 is 6.61 Å². The van der Waals surface area contributed by atoms with Crippen LogP contribution in [0.2, 0.25) is 0 Å². The maximum absolute atomic E-state index is 12.2. The van der Waals surface area contributed by atoms with Crippen LogP contribution in [0.15, 0.2) is 48.5 Å². The Balaban J connectivity index is 2.08. The summed E-state index contributed by atoms with van der Waals surface area (Å²) in [7, 11) is 1.56. The Hall–Kier alpha value is -2.43. The highest BCUT2D eigenvalue weighted by molar-refractivity contribution is 5.97. The van der Waals surface area contributed by atoms with E-state index in [1.54, 1.807) is 37.4 Å². The number of ketones is 1. The van der Waals surface area contributed by atoms with Gasteiger partial charge in [-0.3, -0.25) is 4.79 Å². The normalized spacial score (nSPS) is 10.5. The first-order valence-corrected chi connectivity index (χ1v) is 6.29. The van der Waals surface area contributed by atoms with Crippen molar-refractivity contribution in [3.63, 3.8) is 0 Å². The van der Waals surface area contributed by atoms with Crippen LogP contribution in [0, 0.1) is 0 Å². The Kier molecular flexibility index (Phi) is 4.87. The molecule has 0 unspecified atom stereocenters. The van der Waals surface area contributed by atoms with Crippen molar-refractivity contribution in [1.29, 1.82) is 0 Å². The molecule has 5 heteroatoms. The van der Waals surface area contributed by atoms with E-state index in [9.17, 15) is 13.6 Å². The molecule has 0 aliphatic heterocycles. The Morgan fingerprint density at radius 3 is 2.43 bits per heavy atom. The number of alkyl halides is 2. The molecule has 0 aliphatic carbocycles. The van der Waals surface area contributed by atoms with Crippen LogP contribution < -0.4 is 9.47 Å². The van der Waals surface area contributed by atoms with E-state index in [1.165, 1.54) is 18.2 Å². The second-order valence-electron chi connectivity index (χ2n) is 4.35.